The SMILES string of the molecule is CCOC(=O)c1ccc(-c2ccc(C=C3C(=N)N4C(c5ccccc5)=CSC4=NC3=O)o2)cc1. The van der Waals surface area contributed by atoms with E-state index in [4.69, 9.17) is 14.6 Å². The van der Waals surface area contributed by atoms with E-state index in [1.165, 1.54) is 17.8 Å². The minimum Gasteiger partial charge on any atom is -0.462 e. The summed E-state index contributed by atoms with van der Waals surface area (Å²) in [7, 11) is 0. The molecule has 0 spiro atoms. The standard InChI is InChI=1S/C26H19N3O4S/c1-2-32-25(31)18-10-8-17(9-11-18)22-13-12-19(33-22)14-20-23(27)29-21(16-6-4-3-5-7-16)15-34-26(29)28-24(20)30/h3-15,27H,2H2,1H3. The molecule has 2 aliphatic rings. The number of nitrogens with zero attached hydrogens (tertiary/aromatic N) is 2. The Bertz CT molecular complexity index is 1380. The summed E-state index contributed by atoms with van der Waals surface area (Å²) in [4.78, 5) is 30.4. The number of amides is 1. The maximum absolute atomic E-state index is 12.7. The fraction of sp³-hybridized carbons (Fsp3) is 0.0769. The summed E-state index contributed by atoms with van der Waals surface area (Å²) >= 11 is 1.32. The highest BCUT2D eigenvalue weighted by molar-refractivity contribution is 8.17. The third-order valence-corrected chi connectivity index (χ3v) is 6.10. The van der Waals surface area contributed by atoms with Crippen LogP contribution in [0.15, 0.2) is 87.1 Å². The second-order valence-corrected chi connectivity index (χ2v) is 8.26. The zero-order valence-corrected chi connectivity index (χ0v) is 19.0. The molecule has 0 fully saturated rings. The van der Waals surface area contributed by atoms with Crippen molar-refractivity contribution in [1.82, 2.24) is 4.90 Å². The first-order valence-electron chi connectivity index (χ1n) is 10.6. The number of benzene rings is 2. The Hall–Kier alpha value is -4.17. The lowest BCUT2D eigenvalue weighted by molar-refractivity contribution is -0.114. The minimum absolute atomic E-state index is 0.0480. The van der Waals surface area contributed by atoms with Gasteiger partial charge in [0.1, 0.15) is 17.4 Å². The maximum atomic E-state index is 12.7. The third kappa shape index (κ3) is 3.99. The predicted molar refractivity (Wildman–Crippen MR) is 132 cm³/mol. The van der Waals surface area contributed by atoms with Gasteiger partial charge >= 0.3 is 5.97 Å². The van der Waals surface area contributed by atoms with Crippen LogP contribution in [-0.2, 0) is 9.53 Å². The Morgan fingerprint density at radius 1 is 1.09 bits per heavy atom. The van der Waals surface area contributed by atoms with Crippen molar-refractivity contribution >= 4 is 46.4 Å². The number of fused-ring (bicyclic) bond motifs is 1. The van der Waals surface area contributed by atoms with Gasteiger partial charge in [0.25, 0.3) is 5.91 Å². The molecule has 0 aliphatic carbocycles. The fourth-order valence-corrected chi connectivity index (χ4v) is 4.52. The van der Waals surface area contributed by atoms with Gasteiger partial charge < -0.3 is 9.15 Å². The molecule has 0 bridgehead atoms. The van der Waals surface area contributed by atoms with Crippen molar-refractivity contribution in [2.75, 3.05) is 6.61 Å². The van der Waals surface area contributed by atoms with Crippen LogP contribution in [0.5, 0.6) is 0 Å². The second kappa shape index (κ2) is 8.99. The van der Waals surface area contributed by atoms with Gasteiger partial charge in [-0.3, -0.25) is 15.1 Å². The number of hydrogen-bond acceptors (Lipinski definition) is 6. The number of rotatable bonds is 5. The van der Waals surface area contributed by atoms with Crippen LogP contribution in [0.4, 0.5) is 0 Å². The highest BCUT2D eigenvalue weighted by Gasteiger charge is 2.36. The lowest BCUT2D eigenvalue weighted by Gasteiger charge is -2.26. The Morgan fingerprint density at radius 3 is 2.59 bits per heavy atom. The molecule has 34 heavy (non-hydrogen) atoms. The Labute approximate surface area is 199 Å². The molecule has 0 atom stereocenters. The van der Waals surface area contributed by atoms with E-state index >= 15 is 0 Å². The summed E-state index contributed by atoms with van der Waals surface area (Å²) in [5.41, 5.74) is 3.11. The van der Waals surface area contributed by atoms with Gasteiger partial charge in [0.15, 0.2) is 5.17 Å². The van der Waals surface area contributed by atoms with Crippen LogP contribution >= 0.6 is 11.8 Å². The minimum atomic E-state index is -0.483. The van der Waals surface area contributed by atoms with Crippen molar-refractivity contribution in [2.45, 2.75) is 6.92 Å². The van der Waals surface area contributed by atoms with E-state index in [9.17, 15) is 9.59 Å². The Balaban J connectivity index is 1.40. The second-order valence-electron chi connectivity index (χ2n) is 7.43. The van der Waals surface area contributed by atoms with Gasteiger partial charge in [-0.2, -0.15) is 4.99 Å². The van der Waals surface area contributed by atoms with E-state index < -0.39 is 5.91 Å². The Kier molecular flexibility index (Phi) is 5.73. The van der Waals surface area contributed by atoms with Crippen molar-refractivity contribution in [3.05, 3.63) is 94.6 Å². The first kappa shape index (κ1) is 21.7. The molecule has 5 rings (SSSR count). The number of aliphatic imine (C=N–C) groups is 1. The van der Waals surface area contributed by atoms with Crippen LogP contribution in [0.25, 0.3) is 23.1 Å². The van der Waals surface area contributed by atoms with E-state index in [0.717, 1.165) is 16.8 Å². The molecular weight excluding hydrogens is 450 g/mol. The molecular formula is C26H19N3O4S. The maximum Gasteiger partial charge on any atom is 0.338 e. The molecule has 0 saturated carbocycles. The number of amidine groups is 2. The molecule has 8 heteroatoms. The number of carbonyl (C=O) groups excluding carboxylic acids is 2. The molecule has 2 aliphatic heterocycles. The number of ether oxygens (including phenoxy) is 1. The van der Waals surface area contributed by atoms with Gasteiger partial charge in [0.2, 0.25) is 0 Å². The van der Waals surface area contributed by atoms with Gasteiger partial charge in [0, 0.05) is 11.0 Å². The number of carbonyl (C=O) groups is 2. The van der Waals surface area contributed by atoms with Crippen LogP contribution in [-0.4, -0.2) is 34.4 Å². The molecule has 0 saturated heterocycles. The topological polar surface area (TPSA) is 96.0 Å². The van der Waals surface area contributed by atoms with Crippen molar-refractivity contribution in [1.29, 1.82) is 5.41 Å². The molecule has 1 N–H and O–H groups in total. The van der Waals surface area contributed by atoms with Crippen LogP contribution in [0, 0.1) is 5.41 Å². The molecule has 3 heterocycles. The van der Waals surface area contributed by atoms with E-state index in [2.05, 4.69) is 4.99 Å². The average Bonchev–Trinajstić information content (AvgIpc) is 3.50. The van der Waals surface area contributed by atoms with Crippen LogP contribution in [0.2, 0.25) is 0 Å². The largest absolute Gasteiger partial charge is 0.462 e. The molecule has 0 radical (unpaired) electrons. The number of thioether (sulfide) groups is 1. The summed E-state index contributed by atoms with van der Waals surface area (Å²) < 4.78 is 10.9. The highest BCUT2D eigenvalue weighted by atomic mass is 32.2. The summed E-state index contributed by atoms with van der Waals surface area (Å²) in [5.74, 6) is 0.184. The Morgan fingerprint density at radius 2 is 1.85 bits per heavy atom. The molecule has 0 unspecified atom stereocenters. The fourth-order valence-electron chi connectivity index (χ4n) is 3.63. The lowest BCUT2D eigenvalue weighted by Crippen LogP contribution is -2.37. The first-order valence-corrected chi connectivity index (χ1v) is 11.5. The predicted octanol–water partition coefficient (Wildman–Crippen LogP) is 5.43. The summed E-state index contributed by atoms with van der Waals surface area (Å²) in [5, 5.41) is 11.1. The van der Waals surface area contributed by atoms with Crippen LogP contribution in [0.3, 0.4) is 0 Å². The van der Waals surface area contributed by atoms with E-state index in [1.807, 2.05) is 35.7 Å². The molecule has 3 aromatic rings. The molecule has 7 nitrogen and oxygen atoms in total. The van der Waals surface area contributed by atoms with E-state index in [1.54, 1.807) is 48.2 Å². The summed E-state index contributed by atoms with van der Waals surface area (Å²) in [6, 6.07) is 20.1. The molecule has 168 valence electrons. The van der Waals surface area contributed by atoms with Crippen molar-refractivity contribution in [3.8, 4) is 11.3 Å². The zero-order chi connectivity index (χ0) is 23.7. The summed E-state index contributed by atoms with van der Waals surface area (Å²) in [6.07, 6.45) is 1.53. The number of nitrogens with one attached hydrogen (secondary N) is 1. The van der Waals surface area contributed by atoms with Gasteiger partial charge in [-0.1, -0.05) is 54.2 Å². The normalized spacial score (nSPS) is 16.4. The number of furan rings is 1. The lowest BCUT2D eigenvalue weighted by atomic mass is 10.1. The molecule has 1 aromatic heterocycles. The van der Waals surface area contributed by atoms with Crippen molar-refractivity contribution < 1.29 is 18.7 Å². The van der Waals surface area contributed by atoms with Gasteiger partial charge in [-0.15, -0.1) is 0 Å². The third-order valence-electron chi connectivity index (χ3n) is 5.28. The number of hydrogen-bond donors (Lipinski definition) is 1. The first-order chi connectivity index (χ1) is 16.5. The average molecular weight is 470 g/mol. The van der Waals surface area contributed by atoms with Crippen LogP contribution < -0.4 is 0 Å². The van der Waals surface area contributed by atoms with E-state index in [-0.39, 0.29) is 17.4 Å². The summed E-state index contributed by atoms with van der Waals surface area (Å²) in [6.45, 7) is 2.07. The van der Waals surface area contributed by atoms with Crippen molar-refractivity contribution in [2.24, 2.45) is 4.99 Å². The number of esters is 1. The quantitative estimate of drug-likeness (QED) is 0.396. The molecule has 1 amide bonds. The van der Waals surface area contributed by atoms with Gasteiger partial charge in [0.05, 0.1) is 23.4 Å². The molecule has 2 aromatic carbocycles. The monoisotopic (exact) mass is 469 g/mol. The van der Waals surface area contributed by atoms with Crippen molar-refractivity contribution in [3.63, 3.8) is 0 Å². The van der Waals surface area contributed by atoms with Crippen LogP contribution in [0.1, 0.15) is 28.6 Å². The van der Waals surface area contributed by atoms with Gasteiger partial charge in [-0.25, -0.2) is 4.79 Å². The zero-order valence-electron chi connectivity index (χ0n) is 18.1. The smallest absolute Gasteiger partial charge is 0.338 e. The highest BCUT2D eigenvalue weighted by Crippen LogP contribution is 2.37. The van der Waals surface area contributed by atoms with Gasteiger partial charge in [-0.05, 0) is 42.8 Å². The van der Waals surface area contributed by atoms with E-state index in [0.29, 0.717) is 28.9 Å².